The van der Waals surface area contributed by atoms with Crippen molar-refractivity contribution in [3.05, 3.63) is 70.0 Å². The van der Waals surface area contributed by atoms with E-state index < -0.39 is 23.5 Å². The molecule has 0 saturated carbocycles. The highest BCUT2D eigenvalue weighted by molar-refractivity contribution is 6.31. The molecular weight excluding hydrogens is 289 g/mol. The molecule has 6 heteroatoms. The van der Waals surface area contributed by atoms with Crippen LogP contribution in [0.1, 0.15) is 17.2 Å². The van der Waals surface area contributed by atoms with Crippen LogP contribution in [0.15, 0.2) is 36.4 Å². The Balaban J connectivity index is 2.31. The van der Waals surface area contributed by atoms with E-state index in [1.807, 2.05) is 0 Å². The minimum absolute atomic E-state index is 0.175. The normalized spacial score (nSPS) is 12.4. The zero-order valence-electron chi connectivity index (χ0n) is 10.3. The monoisotopic (exact) mass is 300 g/mol. The van der Waals surface area contributed by atoms with E-state index in [4.69, 9.17) is 17.4 Å². The summed E-state index contributed by atoms with van der Waals surface area (Å²) in [6, 6.07) is 6.48. The van der Waals surface area contributed by atoms with Gasteiger partial charge in [0.25, 0.3) is 0 Å². The van der Waals surface area contributed by atoms with Crippen molar-refractivity contribution in [1.29, 1.82) is 0 Å². The van der Waals surface area contributed by atoms with Crippen molar-refractivity contribution < 1.29 is 13.2 Å². The zero-order chi connectivity index (χ0) is 14.7. The number of hydrazine groups is 1. The summed E-state index contributed by atoms with van der Waals surface area (Å²) in [5.74, 6) is 3.61. The molecule has 0 saturated heterocycles. The molecule has 20 heavy (non-hydrogen) atoms. The van der Waals surface area contributed by atoms with Gasteiger partial charge in [-0.15, -0.1) is 0 Å². The van der Waals surface area contributed by atoms with Crippen molar-refractivity contribution in [2.75, 3.05) is 0 Å². The molecule has 1 atom stereocenters. The molecule has 0 radical (unpaired) electrons. The first-order valence-electron chi connectivity index (χ1n) is 5.85. The highest BCUT2D eigenvalue weighted by Gasteiger charge is 2.16. The van der Waals surface area contributed by atoms with Crippen molar-refractivity contribution in [3.63, 3.8) is 0 Å². The molecule has 2 aromatic rings. The molecule has 2 aromatic carbocycles. The maximum atomic E-state index is 13.3. The van der Waals surface area contributed by atoms with Crippen molar-refractivity contribution in [2.45, 2.75) is 12.5 Å². The second-order valence-electron chi connectivity index (χ2n) is 4.37. The van der Waals surface area contributed by atoms with E-state index in [0.29, 0.717) is 16.1 Å². The number of hydrogen-bond acceptors (Lipinski definition) is 2. The summed E-state index contributed by atoms with van der Waals surface area (Å²) < 4.78 is 39.6. The maximum Gasteiger partial charge on any atom is 0.126 e. The first-order valence-corrected chi connectivity index (χ1v) is 6.23. The highest BCUT2D eigenvalue weighted by Crippen LogP contribution is 2.26. The lowest BCUT2D eigenvalue weighted by Crippen LogP contribution is -2.30. The van der Waals surface area contributed by atoms with Crippen LogP contribution in [0, 0.1) is 17.5 Å². The summed E-state index contributed by atoms with van der Waals surface area (Å²) >= 11 is 5.99. The second-order valence-corrected chi connectivity index (χ2v) is 4.77. The summed E-state index contributed by atoms with van der Waals surface area (Å²) in [6.07, 6.45) is 0.175. The third kappa shape index (κ3) is 3.50. The van der Waals surface area contributed by atoms with Crippen LogP contribution in [0.25, 0.3) is 0 Å². The van der Waals surface area contributed by atoms with Gasteiger partial charge in [-0.2, -0.15) is 0 Å². The van der Waals surface area contributed by atoms with Gasteiger partial charge in [0.2, 0.25) is 0 Å². The number of hydrogen-bond donors (Lipinski definition) is 2. The summed E-state index contributed by atoms with van der Waals surface area (Å²) in [4.78, 5) is 0. The van der Waals surface area contributed by atoms with Crippen LogP contribution in [-0.2, 0) is 6.42 Å². The molecule has 106 valence electrons. The smallest absolute Gasteiger partial charge is 0.126 e. The molecule has 3 N–H and O–H groups in total. The third-order valence-electron chi connectivity index (χ3n) is 2.90. The van der Waals surface area contributed by atoms with Gasteiger partial charge >= 0.3 is 0 Å². The topological polar surface area (TPSA) is 38.0 Å². The summed E-state index contributed by atoms with van der Waals surface area (Å²) in [7, 11) is 0. The van der Waals surface area contributed by atoms with Gasteiger partial charge in [0.15, 0.2) is 0 Å². The molecule has 0 aromatic heterocycles. The van der Waals surface area contributed by atoms with Crippen molar-refractivity contribution >= 4 is 11.6 Å². The standard InChI is InChI=1S/C14H12ClF3N2/c15-13-2-1-9(16)7-12(13)14(20-19)5-8-3-10(17)6-11(18)4-8/h1-4,6-7,14,20H,5,19H2. The Bertz CT molecular complexity index is 599. The SMILES string of the molecule is NNC(Cc1cc(F)cc(F)c1)c1cc(F)ccc1Cl. The van der Waals surface area contributed by atoms with Gasteiger partial charge in [-0.1, -0.05) is 11.6 Å². The van der Waals surface area contributed by atoms with Crippen LogP contribution in [0.3, 0.4) is 0 Å². The van der Waals surface area contributed by atoms with Crippen molar-refractivity contribution in [2.24, 2.45) is 5.84 Å². The summed E-state index contributed by atoms with van der Waals surface area (Å²) in [6.45, 7) is 0. The third-order valence-corrected chi connectivity index (χ3v) is 3.24. The van der Waals surface area contributed by atoms with E-state index in [1.165, 1.54) is 30.3 Å². The summed E-state index contributed by atoms with van der Waals surface area (Å²) in [5, 5.41) is 0.325. The number of halogens is 4. The largest absolute Gasteiger partial charge is 0.271 e. The number of nitrogens with two attached hydrogens (primary N) is 1. The predicted octanol–water partition coefficient (Wildman–Crippen LogP) is 3.50. The minimum atomic E-state index is -0.680. The quantitative estimate of drug-likeness (QED) is 0.670. The average Bonchev–Trinajstić information content (AvgIpc) is 2.38. The molecule has 2 nitrogen and oxygen atoms in total. The lowest BCUT2D eigenvalue weighted by molar-refractivity contribution is 0.535. The van der Waals surface area contributed by atoms with Crippen molar-refractivity contribution in [1.82, 2.24) is 5.43 Å². The van der Waals surface area contributed by atoms with Gasteiger partial charge in [0.05, 0.1) is 6.04 Å². The average molecular weight is 301 g/mol. The maximum absolute atomic E-state index is 13.3. The van der Waals surface area contributed by atoms with Gasteiger partial charge in [0, 0.05) is 11.1 Å². The van der Waals surface area contributed by atoms with E-state index in [9.17, 15) is 13.2 Å². The molecule has 1 unspecified atom stereocenters. The molecule has 0 bridgehead atoms. The number of nitrogens with one attached hydrogen (secondary N) is 1. The lowest BCUT2D eigenvalue weighted by Gasteiger charge is -2.18. The molecule has 0 spiro atoms. The van der Waals surface area contributed by atoms with Crippen LogP contribution in [0.2, 0.25) is 5.02 Å². The Morgan fingerprint density at radius 3 is 2.25 bits per heavy atom. The molecular formula is C14H12ClF3N2. The van der Waals surface area contributed by atoms with E-state index >= 15 is 0 Å². The highest BCUT2D eigenvalue weighted by atomic mass is 35.5. The van der Waals surface area contributed by atoms with E-state index in [0.717, 1.165) is 6.07 Å². The van der Waals surface area contributed by atoms with Gasteiger partial charge < -0.3 is 0 Å². The Morgan fingerprint density at radius 1 is 1.00 bits per heavy atom. The molecule has 0 heterocycles. The molecule has 0 amide bonds. The van der Waals surface area contributed by atoms with E-state index in [1.54, 1.807) is 0 Å². The lowest BCUT2D eigenvalue weighted by atomic mass is 9.99. The fourth-order valence-corrected chi connectivity index (χ4v) is 2.25. The van der Waals surface area contributed by atoms with Crippen LogP contribution in [-0.4, -0.2) is 0 Å². The fraction of sp³-hybridized carbons (Fsp3) is 0.143. The fourth-order valence-electron chi connectivity index (χ4n) is 2.00. The Labute approximate surface area is 119 Å². The number of rotatable bonds is 4. The van der Waals surface area contributed by atoms with Gasteiger partial charge in [-0.05, 0) is 47.9 Å². The van der Waals surface area contributed by atoms with Crippen LogP contribution in [0.5, 0.6) is 0 Å². The zero-order valence-corrected chi connectivity index (χ0v) is 11.1. The van der Waals surface area contributed by atoms with E-state index in [2.05, 4.69) is 5.43 Å². The Hall–Kier alpha value is -1.56. The first-order chi connectivity index (χ1) is 9.49. The molecule has 0 aliphatic rings. The van der Waals surface area contributed by atoms with Gasteiger partial charge in [0.1, 0.15) is 17.5 Å². The van der Waals surface area contributed by atoms with E-state index in [-0.39, 0.29) is 6.42 Å². The van der Waals surface area contributed by atoms with Gasteiger partial charge in [-0.25, -0.2) is 13.2 Å². The Morgan fingerprint density at radius 2 is 1.65 bits per heavy atom. The van der Waals surface area contributed by atoms with Crippen LogP contribution < -0.4 is 11.3 Å². The molecule has 0 fully saturated rings. The van der Waals surface area contributed by atoms with Crippen LogP contribution >= 0.6 is 11.6 Å². The van der Waals surface area contributed by atoms with Gasteiger partial charge in [-0.3, -0.25) is 11.3 Å². The molecule has 0 aliphatic heterocycles. The molecule has 2 rings (SSSR count). The Kier molecular flexibility index (Phi) is 4.65. The minimum Gasteiger partial charge on any atom is -0.271 e. The first kappa shape index (κ1) is 14.8. The summed E-state index contributed by atoms with van der Waals surface area (Å²) in [5.41, 5.74) is 3.30. The second kappa shape index (κ2) is 6.26. The predicted molar refractivity (Wildman–Crippen MR) is 71.5 cm³/mol. The molecule has 0 aliphatic carbocycles. The number of benzene rings is 2. The van der Waals surface area contributed by atoms with Crippen LogP contribution in [0.4, 0.5) is 13.2 Å². The van der Waals surface area contributed by atoms with Crippen molar-refractivity contribution in [3.8, 4) is 0 Å².